The van der Waals surface area contributed by atoms with Crippen LogP contribution in [-0.2, 0) is 23.7 Å². The highest BCUT2D eigenvalue weighted by molar-refractivity contribution is 7.85. The number of phosphoric acid groups is 1. The van der Waals surface area contributed by atoms with Crippen molar-refractivity contribution in [2.24, 2.45) is 69.5 Å². The molecule has 0 heterocycles. The first-order chi connectivity index (χ1) is 19.6. The van der Waals surface area contributed by atoms with Gasteiger partial charge in [0, 0.05) is 13.0 Å². The summed E-state index contributed by atoms with van der Waals surface area (Å²) in [5.41, 5.74) is -2.97. The van der Waals surface area contributed by atoms with Gasteiger partial charge in [-0.2, -0.15) is 8.42 Å². The van der Waals surface area contributed by atoms with Crippen molar-refractivity contribution >= 4 is 17.9 Å². The summed E-state index contributed by atoms with van der Waals surface area (Å²) >= 11 is 0. The molecule has 12 heteroatoms. The Morgan fingerprint density at radius 1 is 0.977 bits per heavy atom. The van der Waals surface area contributed by atoms with Crippen molar-refractivity contribution < 1.29 is 46.8 Å². The van der Waals surface area contributed by atoms with Gasteiger partial charge in [0.25, 0.3) is 10.1 Å². The molecule has 5 N–H and O–H groups in total. The summed E-state index contributed by atoms with van der Waals surface area (Å²) < 4.78 is 57.8. The topological polar surface area (TPSA) is 171 Å². The van der Waals surface area contributed by atoms with Gasteiger partial charge in [-0.1, -0.05) is 48.5 Å². The van der Waals surface area contributed by atoms with Crippen LogP contribution in [0.15, 0.2) is 0 Å². The minimum atomic E-state index is -4.55. The number of aliphatic hydroxyl groups is 3. The fourth-order valence-corrected chi connectivity index (χ4v) is 14.1. The molecule has 0 spiro atoms. The fraction of sp³-hybridized carbons (Fsp3) is 1.00. The summed E-state index contributed by atoms with van der Waals surface area (Å²) in [4.78, 5) is 10.7. The van der Waals surface area contributed by atoms with E-state index in [0.717, 1.165) is 26.4 Å². The number of aliphatic hydroxyl groups excluding tert-OH is 2. The fourth-order valence-electron chi connectivity index (χ4n) is 12.4. The molecule has 0 amide bonds. The summed E-state index contributed by atoms with van der Waals surface area (Å²) in [6.07, 6.45) is 0.363. The first kappa shape index (κ1) is 34.2. The third-order valence-corrected chi connectivity index (χ3v) is 15.9. The minimum absolute atomic E-state index is 0.0222. The van der Waals surface area contributed by atoms with Gasteiger partial charge in [-0.05, 0) is 102 Å². The van der Waals surface area contributed by atoms with E-state index in [2.05, 4.69) is 41.5 Å². The van der Waals surface area contributed by atoms with Crippen molar-refractivity contribution in [2.45, 2.75) is 111 Å². The normalized spacial score (nSPS) is 53.4. The Morgan fingerprint density at radius 2 is 1.60 bits per heavy atom. The van der Waals surface area contributed by atoms with E-state index in [1.54, 1.807) is 0 Å². The molecule has 0 aromatic carbocycles. The van der Waals surface area contributed by atoms with Crippen LogP contribution in [0.1, 0.15) is 87.0 Å². The number of hydrogen-bond acceptors (Lipinski definition) is 8. The Hall–Kier alpha value is -0.100. The van der Waals surface area contributed by atoms with Crippen molar-refractivity contribution in [1.29, 1.82) is 0 Å². The van der Waals surface area contributed by atoms with E-state index in [4.69, 9.17) is 9.05 Å². The average Bonchev–Trinajstić information content (AvgIpc) is 3.27. The second-order valence-electron chi connectivity index (χ2n) is 16.5. The van der Waals surface area contributed by atoms with Gasteiger partial charge in [-0.15, -0.1) is 0 Å². The monoisotopic (exact) mass is 650 g/mol. The smallest absolute Gasteiger partial charge is 0.390 e. The number of fused-ring (bicyclic) bond motifs is 7. The van der Waals surface area contributed by atoms with Gasteiger partial charge in [0.15, 0.2) is 0 Å². The molecule has 5 aliphatic rings. The molecule has 250 valence electrons. The molecular weight excluding hydrogens is 595 g/mol. The zero-order chi connectivity index (χ0) is 32.3. The second-order valence-corrected chi connectivity index (χ2v) is 19.5. The van der Waals surface area contributed by atoms with Gasteiger partial charge in [-0.3, -0.25) is 13.6 Å². The summed E-state index contributed by atoms with van der Waals surface area (Å²) in [6, 6.07) is 0. The maximum absolute atomic E-state index is 13.1. The molecule has 0 aromatic rings. The van der Waals surface area contributed by atoms with E-state index < -0.39 is 64.9 Å². The van der Waals surface area contributed by atoms with Crippen LogP contribution in [0.4, 0.5) is 0 Å². The highest BCUT2D eigenvalue weighted by atomic mass is 32.2. The summed E-state index contributed by atoms with van der Waals surface area (Å²) in [5.74, 6) is -1.66. The number of rotatable bonds is 7. The van der Waals surface area contributed by atoms with E-state index in [1.807, 2.05) is 6.92 Å². The standard InChI is InChI=1S/C31H55O10PS/c1-16(2)18(4)28(5)13-17(3)22-19(14-28)26(41-42(35,36)40-8)23-21-20(9-10-30(22,23)7)29(6)11-12-31(34,15-43(37,38)39)27(29)25(33)24(21)32/h16-27,32-34H,9-15H2,1-8H3,(H,35,36)(H,37,38,39)/t17?,18-,19-,20-,21+,22-,23+,24+,25+,26+,27?,28-,29+,30+,31+/m0/s1. The Balaban J connectivity index is 1.61. The summed E-state index contributed by atoms with van der Waals surface area (Å²) in [7, 11) is -7.82. The molecule has 5 aliphatic carbocycles. The van der Waals surface area contributed by atoms with Crippen molar-refractivity contribution in [3.05, 3.63) is 0 Å². The van der Waals surface area contributed by atoms with Crippen LogP contribution >= 0.6 is 7.82 Å². The molecular formula is C31H55O10PS. The molecule has 3 unspecified atom stereocenters. The van der Waals surface area contributed by atoms with E-state index in [9.17, 15) is 37.7 Å². The highest BCUT2D eigenvalue weighted by Gasteiger charge is 2.74. The van der Waals surface area contributed by atoms with Crippen molar-refractivity contribution in [3.63, 3.8) is 0 Å². The predicted molar refractivity (Wildman–Crippen MR) is 161 cm³/mol. The van der Waals surface area contributed by atoms with E-state index in [0.29, 0.717) is 30.6 Å². The van der Waals surface area contributed by atoms with E-state index in [-0.39, 0.29) is 40.9 Å². The van der Waals surface area contributed by atoms with Crippen LogP contribution in [0.5, 0.6) is 0 Å². The molecule has 43 heavy (non-hydrogen) atoms. The van der Waals surface area contributed by atoms with Crippen LogP contribution in [-0.4, -0.2) is 70.0 Å². The molecule has 0 bridgehead atoms. The van der Waals surface area contributed by atoms with Gasteiger partial charge < -0.3 is 20.2 Å². The quantitative estimate of drug-likeness (QED) is 0.195. The SMILES string of the molecule is COP(=O)(O)O[C@@H]1[C@H]2C[C@@](C)([C@@H](C)C(C)C)CC(C)[C@@H]2[C@@]2(C)CC[C@H]3[C@@H]([C@@H](O)[C@@H](O)C4[C@](O)(CS(=O)(=O)O)CC[C@@]43C)[C@H]12. The third-order valence-electron chi connectivity index (χ3n) is 14.1. The largest absolute Gasteiger partial charge is 0.472 e. The molecule has 0 aliphatic heterocycles. The van der Waals surface area contributed by atoms with Crippen molar-refractivity contribution in [3.8, 4) is 0 Å². The lowest BCUT2D eigenvalue weighted by Crippen LogP contribution is -2.66. The molecule has 5 saturated carbocycles. The van der Waals surface area contributed by atoms with Crippen LogP contribution in [0, 0.1) is 69.5 Å². The lowest BCUT2D eigenvalue weighted by molar-refractivity contribution is -0.227. The lowest BCUT2D eigenvalue weighted by Gasteiger charge is -2.62. The van der Waals surface area contributed by atoms with E-state index in [1.165, 1.54) is 0 Å². The Bertz CT molecular complexity index is 1240. The van der Waals surface area contributed by atoms with Crippen LogP contribution in [0.3, 0.4) is 0 Å². The minimum Gasteiger partial charge on any atom is -0.390 e. The molecule has 0 aromatic heterocycles. The molecule has 16 atom stereocenters. The Labute approximate surface area is 257 Å². The van der Waals surface area contributed by atoms with Gasteiger partial charge in [0.1, 0.15) is 5.75 Å². The first-order valence-corrected chi connectivity index (χ1v) is 19.3. The number of phosphoric ester groups is 1. The molecule has 10 nitrogen and oxygen atoms in total. The summed E-state index contributed by atoms with van der Waals surface area (Å²) in [6.45, 7) is 15.5. The van der Waals surface area contributed by atoms with Crippen molar-refractivity contribution in [2.75, 3.05) is 12.9 Å². The lowest BCUT2D eigenvalue weighted by atomic mass is 9.44. The third kappa shape index (κ3) is 5.23. The van der Waals surface area contributed by atoms with Crippen LogP contribution < -0.4 is 0 Å². The zero-order valence-corrected chi connectivity index (χ0v) is 28.7. The maximum Gasteiger partial charge on any atom is 0.472 e. The summed E-state index contributed by atoms with van der Waals surface area (Å²) in [5, 5.41) is 35.3. The average molecular weight is 651 g/mol. The Kier molecular flexibility index (Phi) is 8.53. The molecule has 0 radical (unpaired) electrons. The van der Waals surface area contributed by atoms with Crippen LogP contribution in [0.2, 0.25) is 0 Å². The van der Waals surface area contributed by atoms with Gasteiger partial charge in [0.2, 0.25) is 0 Å². The highest BCUT2D eigenvalue weighted by Crippen LogP contribution is 2.74. The van der Waals surface area contributed by atoms with Crippen LogP contribution in [0.25, 0.3) is 0 Å². The molecule has 5 fully saturated rings. The second kappa shape index (κ2) is 10.7. The predicted octanol–water partition coefficient (Wildman–Crippen LogP) is 4.51. The van der Waals surface area contributed by atoms with Gasteiger partial charge in [-0.25, -0.2) is 4.57 Å². The molecule has 5 rings (SSSR count). The number of hydrogen-bond donors (Lipinski definition) is 5. The van der Waals surface area contributed by atoms with Crippen molar-refractivity contribution in [1.82, 2.24) is 0 Å². The van der Waals surface area contributed by atoms with Gasteiger partial charge >= 0.3 is 7.82 Å². The zero-order valence-electron chi connectivity index (χ0n) is 27.0. The van der Waals surface area contributed by atoms with Gasteiger partial charge in [0.05, 0.1) is 23.9 Å². The Morgan fingerprint density at radius 3 is 2.16 bits per heavy atom. The first-order valence-electron chi connectivity index (χ1n) is 16.2. The maximum atomic E-state index is 13.1. The van der Waals surface area contributed by atoms with E-state index >= 15 is 0 Å². The molecule has 0 saturated heterocycles.